The predicted octanol–water partition coefficient (Wildman–Crippen LogP) is 6.14. The van der Waals surface area contributed by atoms with Crippen molar-refractivity contribution in [3.8, 4) is 28.3 Å². The summed E-state index contributed by atoms with van der Waals surface area (Å²) in [7, 11) is 0. The Kier molecular flexibility index (Phi) is 7.66. The fraction of sp³-hybridized carbons (Fsp3) is 0.333. The maximum Gasteiger partial charge on any atom is 0.344 e. The van der Waals surface area contributed by atoms with Gasteiger partial charge in [0.15, 0.2) is 12.4 Å². The summed E-state index contributed by atoms with van der Waals surface area (Å²) < 4.78 is 17.5. The van der Waals surface area contributed by atoms with Crippen LogP contribution in [0.3, 0.4) is 0 Å². The molecule has 1 aromatic heterocycles. The number of carbonyl (C=O) groups excluding carboxylic acids is 1. The van der Waals surface area contributed by atoms with Crippen LogP contribution in [-0.4, -0.2) is 46.8 Å². The van der Waals surface area contributed by atoms with Crippen molar-refractivity contribution < 1.29 is 23.8 Å². The molecule has 2 heterocycles. The minimum absolute atomic E-state index is 0.0744. The fourth-order valence-electron chi connectivity index (χ4n) is 6.10. The fourth-order valence-corrected chi connectivity index (χ4v) is 6.10. The summed E-state index contributed by atoms with van der Waals surface area (Å²) in [4.78, 5) is 19.4. The Bertz CT molecular complexity index is 1400. The van der Waals surface area contributed by atoms with Gasteiger partial charge >= 0.3 is 5.97 Å². The first-order valence-electron chi connectivity index (χ1n) is 14.1. The molecule has 0 amide bonds. The SMILES string of the molecule is CCOC(=O)COc1cccc2c1CCC(O)C2N1CCCC1c1nc(-c2ccccc2)c(-c2ccccc2)o1. The van der Waals surface area contributed by atoms with Gasteiger partial charge in [0, 0.05) is 11.1 Å². The smallest absolute Gasteiger partial charge is 0.344 e. The highest BCUT2D eigenvalue weighted by molar-refractivity contribution is 5.76. The molecule has 3 aromatic carbocycles. The maximum absolute atomic E-state index is 11.9. The van der Waals surface area contributed by atoms with Crippen LogP contribution in [-0.2, 0) is 16.0 Å². The number of aliphatic hydroxyl groups excluding tert-OH is 1. The summed E-state index contributed by atoms with van der Waals surface area (Å²) in [5.41, 5.74) is 4.89. The minimum atomic E-state index is -0.537. The Morgan fingerprint density at radius 1 is 1.00 bits per heavy atom. The van der Waals surface area contributed by atoms with Gasteiger partial charge in [-0.2, -0.15) is 0 Å². The lowest BCUT2D eigenvalue weighted by molar-refractivity contribution is -0.145. The largest absolute Gasteiger partial charge is 0.482 e. The van der Waals surface area contributed by atoms with Crippen molar-refractivity contribution in [2.75, 3.05) is 19.8 Å². The van der Waals surface area contributed by atoms with E-state index in [-0.39, 0.29) is 24.7 Å². The van der Waals surface area contributed by atoms with Crippen LogP contribution >= 0.6 is 0 Å². The van der Waals surface area contributed by atoms with Crippen molar-refractivity contribution >= 4 is 5.97 Å². The monoisotopic (exact) mass is 538 g/mol. The van der Waals surface area contributed by atoms with E-state index in [4.69, 9.17) is 18.9 Å². The molecule has 3 unspecified atom stereocenters. The lowest BCUT2D eigenvalue weighted by Gasteiger charge is -2.39. The second kappa shape index (κ2) is 11.7. The van der Waals surface area contributed by atoms with E-state index in [0.29, 0.717) is 31.1 Å². The van der Waals surface area contributed by atoms with Gasteiger partial charge in [0.2, 0.25) is 5.89 Å². The molecule has 3 atom stereocenters. The van der Waals surface area contributed by atoms with Gasteiger partial charge < -0.3 is 19.0 Å². The molecule has 7 heteroatoms. The second-order valence-corrected chi connectivity index (χ2v) is 10.3. The second-order valence-electron chi connectivity index (χ2n) is 10.3. The summed E-state index contributed by atoms with van der Waals surface area (Å²) in [5, 5.41) is 11.3. The average molecular weight is 539 g/mol. The highest BCUT2D eigenvalue weighted by Crippen LogP contribution is 2.46. The maximum atomic E-state index is 11.9. The van der Waals surface area contributed by atoms with E-state index in [2.05, 4.69) is 23.1 Å². The van der Waals surface area contributed by atoms with Gasteiger partial charge in [-0.1, -0.05) is 72.8 Å². The molecule has 1 aliphatic heterocycles. The number of benzene rings is 3. The molecule has 0 saturated carbocycles. The third-order valence-corrected chi connectivity index (χ3v) is 7.86. The number of ether oxygens (including phenoxy) is 2. The van der Waals surface area contributed by atoms with E-state index in [9.17, 15) is 9.90 Å². The number of hydrogen-bond donors (Lipinski definition) is 1. The van der Waals surface area contributed by atoms with E-state index in [0.717, 1.165) is 53.1 Å². The number of aliphatic hydroxyl groups is 1. The van der Waals surface area contributed by atoms with Crippen molar-refractivity contribution in [3.05, 3.63) is 95.9 Å². The molecule has 2 aliphatic rings. The van der Waals surface area contributed by atoms with Crippen LogP contribution in [0.2, 0.25) is 0 Å². The van der Waals surface area contributed by atoms with Gasteiger partial charge in [-0.05, 0) is 56.3 Å². The highest BCUT2D eigenvalue weighted by atomic mass is 16.6. The van der Waals surface area contributed by atoms with E-state index in [1.165, 1.54) is 0 Å². The topological polar surface area (TPSA) is 85.0 Å². The quantitative estimate of drug-likeness (QED) is 0.270. The van der Waals surface area contributed by atoms with E-state index in [1.54, 1.807) is 6.92 Å². The van der Waals surface area contributed by atoms with Crippen LogP contribution < -0.4 is 4.74 Å². The first kappa shape index (κ1) is 26.3. The van der Waals surface area contributed by atoms with Crippen molar-refractivity contribution in [2.45, 2.75) is 50.8 Å². The third kappa shape index (κ3) is 5.15. The van der Waals surface area contributed by atoms with Gasteiger partial charge in [-0.3, -0.25) is 4.90 Å². The zero-order valence-electron chi connectivity index (χ0n) is 22.7. The van der Waals surface area contributed by atoms with Gasteiger partial charge in [-0.15, -0.1) is 0 Å². The summed E-state index contributed by atoms with van der Waals surface area (Å²) in [6.07, 6.45) is 2.62. The summed E-state index contributed by atoms with van der Waals surface area (Å²) in [6, 6.07) is 25.8. The first-order chi connectivity index (χ1) is 19.6. The summed E-state index contributed by atoms with van der Waals surface area (Å²) >= 11 is 0. The molecule has 206 valence electrons. The van der Waals surface area contributed by atoms with Gasteiger partial charge in [0.25, 0.3) is 0 Å². The number of carbonyl (C=O) groups is 1. The molecule has 1 saturated heterocycles. The molecule has 7 nitrogen and oxygen atoms in total. The number of rotatable bonds is 8. The van der Waals surface area contributed by atoms with Gasteiger partial charge in [0.1, 0.15) is 11.4 Å². The molecule has 1 fully saturated rings. The lowest BCUT2D eigenvalue weighted by Crippen LogP contribution is -2.39. The summed E-state index contributed by atoms with van der Waals surface area (Å²) in [6.45, 7) is 2.78. The number of aromatic nitrogens is 1. The predicted molar refractivity (Wildman–Crippen MR) is 152 cm³/mol. The number of esters is 1. The molecule has 1 aliphatic carbocycles. The number of nitrogens with zero attached hydrogens (tertiary/aromatic N) is 2. The zero-order chi connectivity index (χ0) is 27.5. The number of fused-ring (bicyclic) bond motifs is 1. The Balaban J connectivity index is 1.35. The van der Waals surface area contributed by atoms with Crippen molar-refractivity contribution in [1.29, 1.82) is 0 Å². The molecule has 0 bridgehead atoms. The molecule has 0 radical (unpaired) electrons. The molecular weight excluding hydrogens is 504 g/mol. The van der Waals surface area contributed by atoms with Crippen molar-refractivity contribution in [1.82, 2.24) is 9.88 Å². The van der Waals surface area contributed by atoms with E-state index >= 15 is 0 Å². The van der Waals surface area contributed by atoms with Crippen molar-refractivity contribution in [2.24, 2.45) is 0 Å². The molecule has 6 rings (SSSR count). The van der Waals surface area contributed by atoms with Crippen molar-refractivity contribution in [3.63, 3.8) is 0 Å². The zero-order valence-corrected chi connectivity index (χ0v) is 22.7. The Hall–Kier alpha value is -3.94. The lowest BCUT2D eigenvalue weighted by atomic mass is 9.84. The standard InChI is InChI=1S/C33H34N2O5/c1-2-38-29(37)21-39-28-17-9-15-25-24(28)18-19-27(36)31(25)35-20-10-16-26(35)33-34-30(22-11-5-3-6-12-22)32(40-33)23-13-7-4-8-14-23/h3-9,11-15,17,26-27,31,36H,2,10,16,18-21H2,1H3. The first-order valence-corrected chi connectivity index (χ1v) is 14.1. The van der Waals surface area contributed by atoms with Crippen LogP contribution in [0.15, 0.2) is 83.3 Å². The van der Waals surface area contributed by atoms with Crippen LogP contribution in [0, 0.1) is 0 Å². The molecule has 0 spiro atoms. The number of likely N-dealkylation sites (tertiary alicyclic amines) is 1. The van der Waals surface area contributed by atoms with Crippen LogP contribution in [0.5, 0.6) is 5.75 Å². The number of hydrogen-bond acceptors (Lipinski definition) is 7. The highest BCUT2D eigenvalue weighted by Gasteiger charge is 2.42. The average Bonchev–Trinajstić information content (AvgIpc) is 3.65. The minimum Gasteiger partial charge on any atom is -0.482 e. The molecule has 4 aromatic rings. The van der Waals surface area contributed by atoms with E-state index < -0.39 is 6.10 Å². The Morgan fingerprint density at radius 2 is 1.75 bits per heavy atom. The van der Waals surface area contributed by atoms with Crippen LogP contribution in [0.1, 0.15) is 55.3 Å². The van der Waals surface area contributed by atoms with Gasteiger partial charge in [-0.25, -0.2) is 9.78 Å². The number of oxazole rings is 1. The van der Waals surface area contributed by atoms with Crippen LogP contribution in [0.25, 0.3) is 22.6 Å². The Labute approximate surface area is 234 Å². The third-order valence-electron chi connectivity index (χ3n) is 7.86. The molecular formula is C33H34N2O5. The van der Waals surface area contributed by atoms with Gasteiger partial charge in [0.05, 0.1) is 24.8 Å². The summed E-state index contributed by atoms with van der Waals surface area (Å²) in [5.74, 6) is 1.71. The Morgan fingerprint density at radius 3 is 2.50 bits per heavy atom. The van der Waals surface area contributed by atoms with E-state index in [1.807, 2.05) is 60.7 Å². The molecule has 40 heavy (non-hydrogen) atoms. The van der Waals surface area contributed by atoms with Crippen LogP contribution in [0.4, 0.5) is 0 Å². The normalized spacial score (nSPS) is 20.7. The molecule has 1 N–H and O–H groups in total.